The second kappa shape index (κ2) is 18.2. The first-order valence-corrected chi connectivity index (χ1v) is 25.9. The molecule has 0 aliphatic carbocycles. The van der Waals surface area contributed by atoms with Crippen molar-refractivity contribution in [2.45, 2.75) is 117 Å². The van der Waals surface area contributed by atoms with E-state index in [1.54, 1.807) is 0 Å². The number of rotatable bonds is 10. The van der Waals surface area contributed by atoms with Crippen LogP contribution in [0, 0.1) is 6.33 Å². The maximum absolute atomic E-state index is 7.25. The number of hydrogen-bond acceptors (Lipinski definition) is 2. The third-order valence-corrected chi connectivity index (χ3v) is 15.0. The lowest BCUT2D eigenvalue weighted by molar-refractivity contribution is -0.611. The third kappa shape index (κ3) is 9.43. The summed E-state index contributed by atoms with van der Waals surface area (Å²) in [6, 6.07) is 63.6. The highest BCUT2D eigenvalue weighted by atomic mass is 16.5. The van der Waals surface area contributed by atoms with E-state index in [9.17, 15) is 0 Å². The summed E-state index contributed by atoms with van der Waals surface area (Å²) in [5.74, 6) is 2.37. The summed E-state index contributed by atoms with van der Waals surface area (Å²) in [5, 5.41) is 2.41. The van der Waals surface area contributed by atoms with Crippen molar-refractivity contribution in [1.29, 1.82) is 0 Å². The molecule has 0 spiro atoms. The highest BCUT2D eigenvalue weighted by Crippen LogP contribution is 2.44. The van der Waals surface area contributed by atoms with Gasteiger partial charge in [0.25, 0.3) is 6.33 Å². The molecule has 0 aliphatic heterocycles. The molecule has 0 saturated carbocycles. The number of fused-ring (bicyclic) bond motifs is 3. The molecule has 0 unspecified atom stereocenters. The van der Waals surface area contributed by atoms with Crippen LogP contribution in [-0.4, -0.2) is 14.1 Å². The van der Waals surface area contributed by atoms with Crippen molar-refractivity contribution in [3.05, 3.63) is 234 Å². The normalized spacial score (nSPS) is 12.7. The average Bonchev–Trinajstić information content (AvgIpc) is 3.97. The molecule has 5 heteroatoms. The van der Waals surface area contributed by atoms with Crippen molar-refractivity contribution in [3.8, 4) is 39.8 Å². The molecule has 0 bridgehead atoms. The molecule has 10 aromatic rings. The van der Waals surface area contributed by atoms with Crippen LogP contribution in [0.5, 0.6) is 11.5 Å². The number of nitrogens with zero attached hydrogens (tertiary/aromatic N) is 4. The summed E-state index contributed by atoms with van der Waals surface area (Å²) in [6.07, 6.45) is 8.15. The largest absolute Gasteiger partial charge is 0.458 e. The summed E-state index contributed by atoms with van der Waals surface area (Å²) in [5.41, 5.74) is 13.8. The van der Waals surface area contributed by atoms with E-state index in [2.05, 4.69) is 292 Å². The van der Waals surface area contributed by atoms with Gasteiger partial charge in [-0.3, -0.25) is 13.7 Å². The van der Waals surface area contributed by atoms with Crippen LogP contribution in [0.25, 0.3) is 50.1 Å². The molecule has 7 aromatic carbocycles. The Morgan fingerprint density at radius 2 is 1.05 bits per heavy atom. The van der Waals surface area contributed by atoms with Crippen molar-refractivity contribution in [2.75, 3.05) is 0 Å². The van der Waals surface area contributed by atoms with Crippen LogP contribution < -0.4 is 9.30 Å². The Balaban J connectivity index is 1.19. The number of hydrogen-bond donors (Lipinski definition) is 0. The molecular weight excluding hydrogens is 889 g/mol. The van der Waals surface area contributed by atoms with Gasteiger partial charge in [0.2, 0.25) is 0 Å². The van der Waals surface area contributed by atoms with Crippen molar-refractivity contribution >= 4 is 21.8 Å². The molecule has 73 heavy (non-hydrogen) atoms. The van der Waals surface area contributed by atoms with Gasteiger partial charge in [-0.25, -0.2) is 4.98 Å². The quantitative estimate of drug-likeness (QED) is 0.101. The number of imidazole rings is 1. The Hall–Kier alpha value is -7.50. The van der Waals surface area contributed by atoms with Crippen LogP contribution >= 0.6 is 0 Å². The number of pyridine rings is 1. The number of aromatic nitrogens is 4. The van der Waals surface area contributed by atoms with E-state index in [1.165, 1.54) is 44.2 Å². The minimum atomic E-state index is -0.412. The predicted molar refractivity (Wildman–Crippen MR) is 303 cm³/mol. The van der Waals surface area contributed by atoms with Gasteiger partial charge in [0.1, 0.15) is 17.3 Å². The fourth-order valence-electron chi connectivity index (χ4n) is 10.4. The third-order valence-electron chi connectivity index (χ3n) is 15.0. The average molecular weight is 959 g/mol. The second-order valence-electron chi connectivity index (χ2n) is 24.1. The second-order valence-corrected chi connectivity index (χ2v) is 24.1. The lowest BCUT2D eigenvalue weighted by Crippen LogP contribution is -2.41. The molecule has 0 aliphatic rings. The van der Waals surface area contributed by atoms with E-state index in [1.807, 2.05) is 6.20 Å². The molecule has 10 rings (SSSR count). The van der Waals surface area contributed by atoms with Crippen molar-refractivity contribution in [1.82, 2.24) is 14.1 Å². The zero-order chi connectivity index (χ0) is 51.7. The summed E-state index contributed by atoms with van der Waals surface area (Å²) in [6.45, 7) is 29.9. The molecule has 368 valence electrons. The molecular formula is C68H70N4O. The van der Waals surface area contributed by atoms with Crippen molar-refractivity contribution in [2.24, 2.45) is 0 Å². The number of ether oxygens (including phenoxy) is 1. The Labute approximate surface area is 433 Å². The van der Waals surface area contributed by atoms with E-state index in [-0.39, 0.29) is 21.7 Å². The van der Waals surface area contributed by atoms with Gasteiger partial charge in [-0.1, -0.05) is 205 Å². The molecule has 0 N–H and O–H groups in total. The van der Waals surface area contributed by atoms with Crippen molar-refractivity contribution in [3.63, 3.8) is 0 Å². The van der Waals surface area contributed by atoms with Gasteiger partial charge in [0.05, 0.1) is 28.1 Å². The number of para-hydroxylation sites is 1. The molecule has 3 heterocycles. The molecule has 0 amide bonds. The topological polar surface area (TPSA) is 35.9 Å². The standard InChI is InChI=1S/C68H70N4O/c1-64(2,3)50-33-34-69-62(40-50)72-59-32-24-23-31-57(59)63-58(66(7,8)9)42-56(43-60(63)72)73-55-36-47(46-25-17-14-18-26-46)35-53(41-55)70-44-61(68(12,13)49-29-21-16-22-30-49)71(45-70)54-38-51(65(4,5)6)37-52(39-54)67(10,11)48-27-19-15-20-28-48/h14-44H,1-13H3. The predicted octanol–water partition coefficient (Wildman–Crippen LogP) is 17.0. The first-order chi connectivity index (χ1) is 34.6. The van der Waals surface area contributed by atoms with E-state index in [0.717, 1.165) is 56.5 Å². The van der Waals surface area contributed by atoms with Crippen LogP contribution in [0.3, 0.4) is 0 Å². The van der Waals surface area contributed by atoms with E-state index in [0.29, 0.717) is 0 Å². The van der Waals surface area contributed by atoms with Gasteiger partial charge in [-0.05, 0) is 115 Å². The van der Waals surface area contributed by atoms with Crippen LogP contribution in [0.1, 0.15) is 129 Å². The Morgan fingerprint density at radius 1 is 0.466 bits per heavy atom. The van der Waals surface area contributed by atoms with Crippen molar-refractivity contribution < 1.29 is 9.30 Å². The molecule has 0 radical (unpaired) electrons. The van der Waals surface area contributed by atoms with Crippen LogP contribution in [0.4, 0.5) is 0 Å². The highest BCUT2D eigenvalue weighted by Gasteiger charge is 2.32. The van der Waals surface area contributed by atoms with Gasteiger partial charge >= 0.3 is 0 Å². The van der Waals surface area contributed by atoms with Crippen LogP contribution in [0.2, 0.25) is 0 Å². The molecule has 3 aromatic heterocycles. The monoisotopic (exact) mass is 959 g/mol. The lowest BCUT2D eigenvalue weighted by atomic mass is 9.75. The summed E-state index contributed by atoms with van der Waals surface area (Å²) < 4.78 is 14.0. The molecule has 0 atom stereocenters. The first-order valence-electron chi connectivity index (χ1n) is 25.9. The van der Waals surface area contributed by atoms with Crippen LogP contribution in [-0.2, 0) is 27.1 Å². The van der Waals surface area contributed by atoms with Gasteiger partial charge < -0.3 is 4.74 Å². The SMILES string of the molecule is CC(C)(C)c1cc(-[n+]2[c-]n(-c3cc(Oc4cc(C(C)(C)C)c5c6ccccc6n(-c6cc(C(C)(C)C)ccn6)c5c4)cc(-c4ccccc4)c3)cc2C(C)(C)c2ccccc2)cc(C(C)(C)c2ccccc2)c1. The molecule has 5 nitrogen and oxygen atoms in total. The minimum absolute atomic E-state index is 0.0457. The maximum Gasteiger partial charge on any atom is 0.269 e. The summed E-state index contributed by atoms with van der Waals surface area (Å²) >= 11 is 0. The maximum atomic E-state index is 7.25. The zero-order valence-electron chi connectivity index (χ0n) is 45.1. The fraction of sp³-hybridized carbons (Fsp3) is 0.265. The smallest absolute Gasteiger partial charge is 0.269 e. The minimum Gasteiger partial charge on any atom is -0.458 e. The summed E-state index contributed by atoms with van der Waals surface area (Å²) in [4.78, 5) is 5.02. The van der Waals surface area contributed by atoms with E-state index in [4.69, 9.17) is 9.72 Å². The van der Waals surface area contributed by atoms with Gasteiger partial charge in [-0.2, -0.15) is 0 Å². The number of benzene rings is 7. The first kappa shape index (κ1) is 49.1. The van der Waals surface area contributed by atoms with E-state index < -0.39 is 5.41 Å². The lowest BCUT2D eigenvalue weighted by Gasteiger charge is -2.31. The van der Waals surface area contributed by atoms with Crippen LogP contribution in [0.15, 0.2) is 188 Å². The molecule has 0 fully saturated rings. The van der Waals surface area contributed by atoms with Gasteiger partial charge in [0, 0.05) is 40.1 Å². The van der Waals surface area contributed by atoms with Gasteiger partial charge in [-0.15, -0.1) is 0 Å². The molecule has 0 saturated heterocycles. The van der Waals surface area contributed by atoms with E-state index >= 15 is 0 Å². The Morgan fingerprint density at radius 3 is 1.70 bits per heavy atom. The Kier molecular flexibility index (Phi) is 12.2. The Bertz CT molecular complexity index is 3630. The van der Waals surface area contributed by atoms with Gasteiger partial charge in [0.15, 0.2) is 0 Å². The summed E-state index contributed by atoms with van der Waals surface area (Å²) in [7, 11) is 0. The highest BCUT2D eigenvalue weighted by molar-refractivity contribution is 6.11. The zero-order valence-corrected chi connectivity index (χ0v) is 45.1. The fourth-order valence-corrected chi connectivity index (χ4v) is 10.4.